The minimum atomic E-state index is 0.975. The van der Waals surface area contributed by atoms with Crippen LogP contribution in [0, 0.1) is 11.8 Å². The lowest BCUT2D eigenvalue weighted by Gasteiger charge is -2.21. The Kier molecular flexibility index (Phi) is 5.09. The average molecular weight is 227 g/mol. The van der Waals surface area contributed by atoms with Gasteiger partial charge in [0.2, 0.25) is 0 Å². The number of allylic oxidation sites excluding steroid dienone is 2. The van der Waals surface area contributed by atoms with Gasteiger partial charge in [0.1, 0.15) is 0 Å². The maximum absolute atomic E-state index is 5.99. The van der Waals surface area contributed by atoms with Crippen molar-refractivity contribution in [3.05, 3.63) is 11.4 Å². The number of methoxy groups -OCH3 is 1. The van der Waals surface area contributed by atoms with E-state index in [1.165, 1.54) is 19.3 Å². The third kappa shape index (κ3) is 3.68. The Balaban J connectivity index is 0.000000386. The molecule has 4 N–H and O–H groups in total. The highest BCUT2D eigenvalue weighted by atomic mass is 16.4. The van der Waals surface area contributed by atoms with E-state index in [0.29, 0.717) is 0 Å². The van der Waals surface area contributed by atoms with Crippen LogP contribution in [0.1, 0.15) is 32.1 Å². The molecular formula is C12H25N3O. The van der Waals surface area contributed by atoms with Gasteiger partial charge in [-0.1, -0.05) is 0 Å². The lowest BCUT2D eigenvalue weighted by Crippen LogP contribution is -2.28. The summed E-state index contributed by atoms with van der Waals surface area (Å²) in [5.74, 6) is 7.68. The summed E-state index contributed by atoms with van der Waals surface area (Å²) < 4.78 is 4.25. The fourth-order valence-electron chi connectivity index (χ4n) is 2.39. The van der Waals surface area contributed by atoms with E-state index >= 15 is 0 Å². The Hall–Kier alpha value is -0.740. The number of hydrogen-bond acceptors (Lipinski definition) is 4. The Labute approximate surface area is 98.6 Å². The molecule has 1 saturated carbocycles. The predicted octanol–water partition coefficient (Wildman–Crippen LogP) is 1.43. The van der Waals surface area contributed by atoms with Gasteiger partial charge in [-0.15, -0.1) is 0 Å². The number of nitrogens with zero attached hydrogens (tertiary/aromatic N) is 1. The summed E-state index contributed by atoms with van der Waals surface area (Å²) >= 11 is 0. The molecule has 0 aromatic carbocycles. The molecule has 2 aliphatic carbocycles. The van der Waals surface area contributed by atoms with E-state index in [4.69, 9.17) is 11.6 Å². The maximum atomic E-state index is 5.99. The van der Waals surface area contributed by atoms with Crippen LogP contribution < -0.4 is 11.6 Å². The summed E-state index contributed by atoms with van der Waals surface area (Å²) in [6, 6.07) is 0. The normalized spacial score (nSPS) is 32.8. The molecule has 0 saturated heterocycles. The summed E-state index contributed by atoms with van der Waals surface area (Å²) in [4.78, 5) is 0. The first-order valence-corrected chi connectivity index (χ1v) is 5.96. The van der Waals surface area contributed by atoms with E-state index in [1.54, 1.807) is 19.2 Å². The summed E-state index contributed by atoms with van der Waals surface area (Å²) in [5, 5.41) is 1.69. The van der Waals surface area contributed by atoms with Gasteiger partial charge in [0.25, 0.3) is 0 Å². The van der Waals surface area contributed by atoms with Crippen molar-refractivity contribution in [3.8, 4) is 0 Å². The first-order valence-electron chi connectivity index (χ1n) is 5.96. The maximum Gasteiger partial charge on any atom is 0.0475 e. The first kappa shape index (κ1) is 13.3. The van der Waals surface area contributed by atoms with Crippen LogP contribution in [0.15, 0.2) is 11.4 Å². The monoisotopic (exact) mass is 227 g/mol. The number of hydrazine groups is 1. The number of hydrogen-bond donors (Lipinski definition) is 2. The molecule has 0 spiro atoms. The van der Waals surface area contributed by atoms with Crippen molar-refractivity contribution in [1.29, 1.82) is 0 Å². The average Bonchev–Trinajstić information content (AvgIpc) is 2.91. The fraction of sp³-hybridized carbons (Fsp3) is 0.833. The molecule has 0 aliphatic heterocycles. The summed E-state index contributed by atoms with van der Waals surface area (Å²) in [5.41, 5.74) is 8.16. The highest BCUT2D eigenvalue weighted by Crippen LogP contribution is 2.47. The topological polar surface area (TPSA) is 64.5 Å². The van der Waals surface area contributed by atoms with E-state index in [2.05, 4.69) is 4.74 Å². The molecule has 0 heterocycles. The standard InChI is InChI=1S/C10H19N3.C2H6O/c1-13(12)10-5-3-8-6-7(8)2-4-9(10)11;1-3-2/h7-8H,2-6,11-12H2,1H3;1-2H3/b10-9-;. The van der Waals surface area contributed by atoms with Crippen molar-refractivity contribution in [3.63, 3.8) is 0 Å². The van der Waals surface area contributed by atoms with Crippen LogP contribution >= 0.6 is 0 Å². The van der Waals surface area contributed by atoms with Crippen molar-refractivity contribution < 1.29 is 4.74 Å². The summed E-state index contributed by atoms with van der Waals surface area (Å²) in [7, 11) is 5.13. The van der Waals surface area contributed by atoms with Crippen LogP contribution in [0.25, 0.3) is 0 Å². The highest BCUT2D eigenvalue weighted by Gasteiger charge is 2.37. The van der Waals surface area contributed by atoms with E-state index in [0.717, 1.165) is 36.1 Å². The van der Waals surface area contributed by atoms with Crippen molar-refractivity contribution in [2.24, 2.45) is 23.4 Å². The van der Waals surface area contributed by atoms with Gasteiger partial charge in [-0.3, -0.25) is 0 Å². The Morgan fingerprint density at radius 2 is 1.69 bits per heavy atom. The highest BCUT2D eigenvalue weighted by molar-refractivity contribution is 5.12. The van der Waals surface area contributed by atoms with E-state index in [1.807, 2.05) is 7.05 Å². The van der Waals surface area contributed by atoms with Gasteiger partial charge < -0.3 is 15.5 Å². The van der Waals surface area contributed by atoms with Crippen LogP contribution in [-0.2, 0) is 4.74 Å². The Morgan fingerprint density at radius 1 is 1.19 bits per heavy atom. The first-order chi connectivity index (χ1) is 7.60. The molecule has 0 radical (unpaired) electrons. The number of nitrogens with two attached hydrogens (primary N) is 2. The second-order valence-corrected chi connectivity index (χ2v) is 4.82. The predicted molar refractivity (Wildman–Crippen MR) is 66.2 cm³/mol. The van der Waals surface area contributed by atoms with E-state index < -0.39 is 0 Å². The lowest BCUT2D eigenvalue weighted by atomic mass is 10.0. The van der Waals surface area contributed by atoms with Crippen molar-refractivity contribution in [2.75, 3.05) is 21.3 Å². The summed E-state index contributed by atoms with van der Waals surface area (Å²) in [6.45, 7) is 0. The van der Waals surface area contributed by atoms with E-state index in [-0.39, 0.29) is 0 Å². The minimum Gasteiger partial charge on any atom is -0.401 e. The molecule has 1 fully saturated rings. The van der Waals surface area contributed by atoms with Crippen LogP contribution in [0.2, 0.25) is 0 Å². The van der Waals surface area contributed by atoms with Gasteiger partial charge >= 0.3 is 0 Å². The zero-order valence-corrected chi connectivity index (χ0v) is 10.7. The minimum absolute atomic E-state index is 0.975. The molecular weight excluding hydrogens is 202 g/mol. The molecule has 4 heteroatoms. The molecule has 2 unspecified atom stereocenters. The van der Waals surface area contributed by atoms with Crippen molar-refractivity contribution >= 4 is 0 Å². The van der Waals surface area contributed by atoms with E-state index in [9.17, 15) is 0 Å². The largest absolute Gasteiger partial charge is 0.401 e. The number of fused-ring (bicyclic) bond motifs is 1. The molecule has 2 aliphatic rings. The molecule has 0 aromatic rings. The van der Waals surface area contributed by atoms with Gasteiger partial charge in [-0.2, -0.15) is 0 Å². The third-order valence-corrected chi connectivity index (χ3v) is 3.40. The van der Waals surface area contributed by atoms with Gasteiger partial charge in [0, 0.05) is 32.7 Å². The second-order valence-electron chi connectivity index (χ2n) is 4.82. The van der Waals surface area contributed by atoms with Gasteiger partial charge in [-0.05, 0) is 43.9 Å². The summed E-state index contributed by atoms with van der Waals surface area (Å²) in [6.07, 6.45) is 6.09. The second kappa shape index (κ2) is 6.11. The molecule has 0 aromatic heterocycles. The SMILES string of the molecule is CN(N)/C1=C(\N)CCC2CC2CC1.COC. The van der Waals surface area contributed by atoms with Crippen LogP contribution in [0.4, 0.5) is 0 Å². The molecule has 0 bridgehead atoms. The molecule has 2 atom stereocenters. The molecule has 94 valence electrons. The van der Waals surface area contributed by atoms with Crippen molar-refractivity contribution in [2.45, 2.75) is 32.1 Å². The molecule has 4 nitrogen and oxygen atoms in total. The van der Waals surface area contributed by atoms with Gasteiger partial charge in [0.15, 0.2) is 0 Å². The smallest absolute Gasteiger partial charge is 0.0475 e. The number of ether oxygens (including phenoxy) is 1. The lowest BCUT2D eigenvalue weighted by molar-refractivity contribution is 0.277. The Bertz CT molecular complexity index is 251. The molecule has 16 heavy (non-hydrogen) atoms. The van der Waals surface area contributed by atoms with Crippen LogP contribution in [0.3, 0.4) is 0 Å². The zero-order valence-electron chi connectivity index (χ0n) is 10.7. The third-order valence-electron chi connectivity index (χ3n) is 3.40. The van der Waals surface area contributed by atoms with Gasteiger partial charge in [-0.25, -0.2) is 5.84 Å². The molecule has 0 amide bonds. The molecule has 2 rings (SSSR count). The van der Waals surface area contributed by atoms with Crippen LogP contribution in [-0.4, -0.2) is 26.3 Å². The fourth-order valence-corrected chi connectivity index (χ4v) is 2.39. The van der Waals surface area contributed by atoms with Gasteiger partial charge in [0.05, 0.1) is 0 Å². The van der Waals surface area contributed by atoms with Crippen LogP contribution in [0.5, 0.6) is 0 Å². The Morgan fingerprint density at radius 3 is 2.19 bits per heavy atom. The number of rotatable bonds is 1. The van der Waals surface area contributed by atoms with Crippen molar-refractivity contribution in [1.82, 2.24) is 5.01 Å². The quantitative estimate of drug-likeness (QED) is 0.525. The zero-order chi connectivity index (χ0) is 12.1.